The molecule has 0 atom stereocenters. The summed E-state index contributed by atoms with van der Waals surface area (Å²) >= 11 is 0. The molecule has 148 valence electrons. The van der Waals surface area contributed by atoms with Crippen molar-refractivity contribution in [2.45, 2.75) is 38.3 Å². The van der Waals surface area contributed by atoms with E-state index < -0.39 is 0 Å². The maximum absolute atomic E-state index is 12.2. The standard InChI is InChI=1S/C22H26N2O4/c1-26-19-9-7-17(20(14-19)27-2)8-10-21(25)24-15-16-11-12-23-22(13-16)28-18-5-3-4-6-18/h7-14,18H,3-6,15H2,1-2H3,(H,24,25)/b10-8+. The maximum atomic E-state index is 12.2. The number of aromatic nitrogens is 1. The second-order valence-electron chi connectivity index (χ2n) is 6.69. The van der Waals surface area contributed by atoms with Crippen LogP contribution in [0.2, 0.25) is 0 Å². The minimum absolute atomic E-state index is 0.187. The van der Waals surface area contributed by atoms with Gasteiger partial charge in [-0.05, 0) is 55.5 Å². The summed E-state index contributed by atoms with van der Waals surface area (Å²) in [4.78, 5) is 16.4. The zero-order valence-corrected chi connectivity index (χ0v) is 16.3. The molecule has 1 N–H and O–H groups in total. The predicted molar refractivity (Wildman–Crippen MR) is 108 cm³/mol. The third kappa shape index (κ3) is 5.49. The number of ether oxygens (including phenoxy) is 3. The van der Waals surface area contributed by atoms with Gasteiger partial charge in [0.05, 0.1) is 14.2 Å². The summed E-state index contributed by atoms with van der Waals surface area (Å²) < 4.78 is 16.4. The van der Waals surface area contributed by atoms with Gasteiger partial charge in [0.1, 0.15) is 17.6 Å². The summed E-state index contributed by atoms with van der Waals surface area (Å²) in [6, 6.07) is 9.20. The first-order chi connectivity index (χ1) is 13.7. The van der Waals surface area contributed by atoms with Crippen LogP contribution in [0.15, 0.2) is 42.6 Å². The normalized spacial score (nSPS) is 14.2. The first-order valence-corrected chi connectivity index (χ1v) is 9.47. The van der Waals surface area contributed by atoms with E-state index in [1.165, 1.54) is 18.9 Å². The van der Waals surface area contributed by atoms with E-state index in [9.17, 15) is 4.79 Å². The molecule has 0 saturated heterocycles. The Morgan fingerprint density at radius 3 is 2.75 bits per heavy atom. The average Bonchev–Trinajstić information content (AvgIpc) is 3.23. The summed E-state index contributed by atoms with van der Waals surface area (Å²) in [6.07, 6.45) is 9.78. The highest BCUT2D eigenvalue weighted by Gasteiger charge is 2.17. The number of amides is 1. The molecule has 0 spiro atoms. The number of benzene rings is 1. The zero-order chi connectivity index (χ0) is 19.8. The van der Waals surface area contributed by atoms with Gasteiger partial charge in [-0.2, -0.15) is 0 Å². The molecule has 0 unspecified atom stereocenters. The SMILES string of the molecule is COc1ccc(/C=C/C(=O)NCc2ccnc(OC3CCCC3)c2)c(OC)c1. The minimum atomic E-state index is -0.187. The lowest BCUT2D eigenvalue weighted by molar-refractivity contribution is -0.116. The molecule has 1 amide bonds. The first-order valence-electron chi connectivity index (χ1n) is 9.47. The van der Waals surface area contributed by atoms with Crippen LogP contribution in [0, 0.1) is 0 Å². The fourth-order valence-electron chi connectivity index (χ4n) is 3.17. The summed E-state index contributed by atoms with van der Waals surface area (Å²) in [5.74, 6) is 1.78. The Balaban J connectivity index is 1.55. The van der Waals surface area contributed by atoms with Gasteiger partial charge in [0.2, 0.25) is 11.8 Å². The van der Waals surface area contributed by atoms with Gasteiger partial charge < -0.3 is 19.5 Å². The monoisotopic (exact) mass is 382 g/mol. The number of nitrogens with one attached hydrogen (secondary N) is 1. The van der Waals surface area contributed by atoms with Crippen molar-refractivity contribution in [2.24, 2.45) is 0 Å². The van der Waals surface area contributed by atoms with Gasteiger partial charge in [0, 0.05) is 36.5 Å². The van der Waals surface area contributed by atoms with Crippen molar-refractivity contribution in [1.82, 2.24) is 10.3 Å². The average molecular weight is 382 g/mol. The Kier molecular flexibility index (Phi) is 6.89. The molecule has 1 fully saturated rings. The molecule has 1 saturated carbocycles. The summed E-state index contributed by atoms with van der Waals surface area (Å²) in [6.45, 7) is 0.409. The molecule has 0 bridgehead atoms. The molecule has 6 nitrogen and oxygen atoms in total. The van der Waals surface area contributed by atoms with Crippen LogP contribution in [0.1, 0.15) is 36.8 Å². The third-order valence-electron chi connectivity index (χ3n) is 4.71. The Bertz CT molecular complexity index is 829. The van der Waals surface area contributed by atoms with Gasteiger partial charge >= 0.3 is 0 Å². The Hall–Kier alpha value is -3.02. The Labute approximate surface area is 165 Å². The summed E-state index contributed by atoms with van der Waals surface area (Å²) in [5, 5.41) is 2.88. The molecule has 6 heteroatoms. The highest BCUT2D eigenvalue weighted by Crippen LogP contribution is 2.25. The molecule has 0 radical (unpaired) electrons. The lowest BCUT2D eigenvalue weighted by atomic mass is 10.1. The quantitative estimate of drug-likeness (QED) is 0.704. The fourth-order valence-corrected chi connectivity index (χ4v) is 3.17. The van der Waals surface area contributed by atoms with Crippen molar-refractivity contribution >= 4 is 12.0 Å². The molecule has 3 rings (SSSR count). The van der Waals surface area contributed by atoms with E-state index in [1.54, 1.807) is 32.6 Å². The van der Waals surface area contributed by atoms with Gasteiger partial charge in [-0.1, -0.05) is 0 Å². The van der Waals surface area contributed by atoms with Crippen molar-refractivity contribution in [3.05, 3.63) is 53.7 Å². The van der Waals surface area contributed by atoms with Crippen LogP contribution in [0.5, 0.6) is 17.4 Å². The van der Waals surface area contributed by atoms with Crippen LogP contribution in [0.25, 0.3) is 6.08 Å². The van der Waals surface area contributed by atoms with Crippen molar-refractivity contribution < 1.29 is 19.0 Å². The molecule has 1 aromatic carbocycles. The van der Waals surface area contributed by atoms with Crippen LogP contribution >= 0.6 is 0 Å². The molecule has 28 heavy (non-hydrogen) atoms. The number of carbonyl (C=O) groups excluding carboxylic acids is 1. The first kappa shape index (κ1) is 19.7. The number of rotatable bonds is 8. The van der Waals surface area contributed by atoms with Gasteiger partial charge in [0.25, 0.3) is 0 Å². The molecule has 0 aliphatic heterocycles. The second-order valence-corrected chi connectivity index (χ2v) is 6.69. The van der Waals surface area contributed by atoms with Crippen LogP contribution in [-0.2, 0) is 11.3 Å². The highest BCUT2D eigenvalue weighted by atomic mass is 16.5. The zero-order valence-electron chi connectivity index (χ0n) is 16.3. The molecule has 2 aromatic rings. The van der Waals surface area contributed by atoms with Crippen LogP contribution in [0.3, 0.4) is 0 Å². The second kappa shape index (κ2) is 9.78. The van der Waals surface area contributed by atoms with Crippen molar-refractivity contribution in [1.29, 1.82) is 0 Å². The van der Waals surface area contributed by atoms with E-state index in [0.717, 1.165) is 24.0 Å². The van der Waals surface area contributed by atoms with Gasteiger partial charge in [-0.25, -0.2) is 4.98 Å². The molecular weight excluding hydrogens is 356 g/mol. The number of methoxy groups -OCH3 is 2. The molecule has 1 aliphatic rings. The third-order valence-corrected chi connectivity index (χ3v) is 4.71. The summed E-state index contributed by atoms with van der Waals surface area (Å²) in [7, 11) is 3.18. The van der Waals surface area contributed by atoms with Crippen LogP contribution in [-0.4, -0.2) is 31.2 Å². The van der Waals surface area contributed by atoms with E-state index in [1.807, 2.05) is 24.3 Å². The lowest BCUT2D eigenvalue weighted by Crippen LogP contribution is -2.20. The molecule has 1 aromatic heterocycles. The van der Waals surface area contributed by atoms with E-state index in [0.29, 0.717) is 23.9 Å². The van der Waals surface area contributed by atoms with E-state index in [4.69, 9.17) is 14.2 Å². The van der Waals surface area contributed by atoms with E-state index >= 15 is 0 Å². The molecular formula is C22H26N2O4. The highest BCUT2D eigenvalue weighted by molar-refractivity contribution is 5.92. The molecule has 1 heterocycles. The van der Waals surface area contributed by atoms with Crippen LogP contribution < -0.4 is 19.5 Å². The van der Waals surface area contributed by atoms with Crippen molar-refractivity contribution in [3.63, 3.8) is 0 Å². The van der Waals surface area contributed by atoms with Gasteiger partial charge in [-0.15, -0.1) is 0 Å². The van der Waals surface area contributed by atoms with Crippen molar-refractivity contribution in [2.75, 3.05) is 14.2 Å². The summed E-state index contributed by atoms with van der Waals surface area (Å²) in [5.41, 5.74) is 1.75. The predicted octanol–water partition coefficient (Wildman–Crippen LogP) is 3.75. The maximum Gasteiger partial charge on any atom is 0.244 e. The lowest BCUT2D eigenvalue weighted by Gasteiger charge is -2.12. The number of carbonyl (C=O) groups is 1. The largest absolute Gasteiger partial charge is 0.497 e. The smallest absolute Gasteiger partial charge is 0.244 e. The number of hydrogen-bond acceptors (Lipinski definition) is 5. The molecule has 1 aliphatic carbocycles. The fraction of sp³-hybridized carbons (Fsp3) is 0.364. The number of nitrogens with zero attached hydrogens (tertiary/aromatic N) is 1. The minimum Gasteiger partial charge on any atom is -0.497 e. The number of pyridine rings is 1. The van der Waals surface area contributed by atoms with E-state index in [2.05, 4.69) is 10.3 Å². The topological polar surface area (TPSA) is 69.7 Å². The Morgan fingerprint density at radius 2 is 2.00 bits per heavy atom. The van der Waals surface area contributed by atoms with E-state index in [-0.39, 0.29) is 12.0 Å². The van der Waals surface area contributed by atoms with Crippen LogP contribution in [0.4, 0.5) is 0 Å². The van der Waals surface area contributed by atoms with Gasteiger partial charge in [-0.3, -0.25) is 4.79 Å². The van der Waals surface area contributed by atoms with Gasteiger partial charge in [0.15, 0.2) is 0 Å². The number of hydrogen-bond donors (Lipinski definition) is 1. The Morgan fingerprint density at radius 1 is 1.18 bits per heavy atom. The van der Waals surface area contributed by atoms with Crippen molar-refractivity contribution in [3.8, 4) is 17.4 Å².